The zero-order valence-electron chi connectivity index (χ0n) is 11.0. The lowest BCUT2D eigenvalue weighted by molar-refractivity contribution is -0.147. The second-order valence-electron chi connectivity index (χ2n) is 4.50. The molecule has 108 valence electrons. The van der Waals surface area contributed by atoms with Gasteiger partial charge in [0.25, 0.3) is 0 Å². The van der Waals surface area contributed by atoms with Gasteiger partial charge in [-0.15, -0.1) is 0 Å². The van der Waals surface area contributed by atoms with Gasteiger partial charge in [-0.3, -0.25) is 0 Å². The Labute approximate surface area is 116 Å². The zero-order valence-corrected chi connectivity index (χ0v) is 11.0. The molecule has 1 heterocycles. The summed E-state index contributed by atoms with van der Waals surface area (Å²) in [5, 5.41) is 9.16. The first-order valence-corrected chi connectivity index (χ1v) is 6.47. The van der Waals surface area contributed by atoms with Crippen LogP contribution in [0.15, 0.2) is 30.3 Å². The van der Waals surface area contributed by atoms with Crippen molar-refractivity contribution in [2.24, 2.45) is 0 Å². The molecular weight excluding hydrogens is 262 g/mol. The highest BCUT2D eigenvalue weighted by Gasteiger charge is 2.26. The number of aliphatic carboxylic acids is 1. The second-order valence-corrected chi connectivity index (χ2v) is 4.50. The number of carboxylic acids is 1. The maximum atomic E-state index is 11.9. The van der Waals surface area contributed by atoms with Gasteiger partial charge < -0.3 is 19.5 Å². The number of hydrogen-bond donors (Lipinski definition) is 1. The molecule has 2 rings (SSSR count). The highest BCUT2D eigenvalue weighted by Crippen LogP contribution is 2.09. The lowest BCUT2D eigenvalue weighted by Gasteiger charge is -2.27. The number of amides is 1. The molecule has 1 aliphatic heterocycles. The van der Waals surface area contributed by atoms with E-state index in [0.29, 0.717) is 26.3 Å². The third kappa shape index (κ3) is 3.96. The Kier molecular flexibility index (Phi) is 4.95. The molecular formula is C14H17NO5. The molecule has 0 bridgehead atoms. The summed E-state index contributed by atoms with van der Waals surface area (Å²) in [5.41, 5.74) is 0.815. The number of nitrogens with zero attached hydrogens (tertiary/aromatic N) is 1. The summed E-state index contributed by atoms with van der Waals surface area (Å²) in [4.78, 5) is 24.6. The third-order valence-corrected chi connectivity index (χ3v) is 3.05. The van der Waals surface area contributed by atoms with Crippen molar-refractivity contribution in [1.29, 1.82) is 0 Å². The summed E-state index contributed by atoms with van der Waals surface area (Å²) >= 11 is 0. The maximum absolute atomic E-state index is 11.9. The monoisotopic (exact) mass is 279 g/mol. The molecule has 0 radical (unpaired) electrons. The van der Waals surface area contributed by atoms with Crippen LogP contribution in [-0.2, 0) is 20.7 Å². The number of morpholine rings is 1. The van der Waals surface area contributed by atoms with Gasteiger partial charge in [0.05, 0.1) is 13.2 Å². The predicted octanol–water partition coefficient (Wildman–Crippen LogP) is 1.15. The first-order chi connectivity index (χ1) is 9.66. The summed E-state index contributed by atoms with van der Waals surface area (Å²) in [6, 6.07) is 9.09. The SMILES string of the molecule is O=C(O)C(Cc1ccccc1)OC(=O)N1CCOCC1. The third-order valence-electron chi connectivity index (χ3n) is 3.05. The molecule has 20 heavy (non-hydrogen) atoms. The Morgan fingerprint density at radius 3 is 2.50 bits per heavy atom. The lowest BCUT2D eigenvalue weighted by Crippen LogP contribution is -2.43. The lowest BCUT2D eigenvalue weighted by atomic mass is 10.1. The molecule has 1 atom stereocenters. The molecule has 1 fully saturated rings. The molecule has 1 unspecified atom stereocenters. The first-order valence-electron chi connectivity index (χ1n) is 6.47. The van der Waals surface area contributed by atoms with Crippen molar-refractivity contribution in [1.82, 2.24) is 4.90 Å². The van der Waals surface area contributed by atoms with Crippen LogP contribution in [0.4, 0.5) is 4.79 Å². The summed E-state index contributed by atoms with van der Waals surface area (Å²) < 4.78 is 10.2. The van der Waals surface area contributed by atoms with Gasteiger partial charge in [0.15, 0.2) is 0 Å². The van der Waals surface area contributed by atoms with Crippen LogP contribution in [0.2, 0.25) is 0 Å². The van der Waals surface area contributed by atoms with E-state index < -0.39 is 18.2 Å². The minimum atomic E-state index is -1.17. The number of carbonyl (C=O) groups is 2. The minimum Gasteiger partial charge on any atom is -0.478 e. The Hall–Kier alpha value is -2.08. The van der Waals surface area contributed by atoms with Gasteiger partial charge in [-0.2, -0.15) is 0 Å². The van der Waals surface area contributed by atoms with Gasteiger partial charge in [-0.25, -0.2) is 9.59 Å². The average molecular weight is 279 g/mol. The average Bonchev–Trinajstić information content (AvgIpc) is 2.48. The number of benzene rings is 1. The van der Waals surface area contributed by atoms with Crippen LogP contribution >= 0.6 is 0 Å². The number of rotatable bonds is 4. The van der Waals surface area contributed by atoms with Crippen molar-refractivity contribution in [2.75, 3.05) is 26.3 Å². The number of carboxylic acid groups (broad SMARTS) is 1. The highest BCUT2D eigenvalue weighted by atomic mass is 16.6. The zero-order chi connectivity index (χ0) is 14.4. The minimum absolute atomic E-state index is 0.159. The molecule has 0 spiro atoms. The maximum Gasteiger partial charge on any atom is 0.410 e. The van der Waals surface area contributed by atoms with E-state index in [2.05, 4.69) is 0 Å². The summed E-state index contributed by atoms with van der Waals surface area (Å²) in [7, 11) is 0. The van der Waals surface area contributed by atoms with Gasteiger partial charge in [0.2, 0.25) is 6.10 Å². The van der Waals surface area contributed by atoms with Crippen molar-refractivity contribution in [3.63, 3.8) is 0 Å². The molecule has 0 aromatic heterocycles. The van der Waals surface area contributed by atoms with E-state index in [1.165, 1.54) is 4.90 Å². The van der Waals surface area contributed by atoms with Crippen molar-refractivity contribution < 1.29 is 24.2 Å². The topological polar surface area (TPSA) is 76.1 Å². The van der Waals surface area contributed by atoms with Gasteiger partial charge in [0.1, 0.15) is 0 Å². The van der Waals surface area contributed by atoms with Crippen LogP contribution < -0.4 is 0 Å². The van der Waals surface area contributed by atoms with E-state index in [0.717, 1.165) is 5.56 Å². The van der Waals surface area contributed by atoms with Gasteiger partial charge in [0, 0.05) is 19.5 Å². The largest absolute Gasteiger partial charge is 0.478 e. The normalized spacial score (nSPS) is 16.5. The molecule has 6 nitrogen and oxygen atoms in total. The Bertz CT molecular complexity index is 456. The molecule has 6 heteroatoms. The van der Waals surface area contributed by atoms with Crippen molar-refractivity contribution in [3.05, 3.63) is 35.9 Å². The van der Waals surface area contributed by atoms with Crippen LogP contribution in [0.5, 0.6) is 0 Å². The number of carbonyl (C=O) groups excluding carboxylic acids is 1. The van der Waals surface area contributed by atoms with Crippen LogP contribution in [0.3, 0.4) is 0 Å². The van der Waals surface area contributed by atoms with E-state index in [4.69, 9.17) is 14.6 Å². The first kappa shape index (κ1) is 14.3. The van der Waals surface area contributed by atoms with Crippen molar-refractivity contribution >= 4 is 12.1 Å². The van der Waals surface area contributed by atoms with E-state index in [-0.39, 0.29) is 6.42 Å². The van der Waals surface area contributed by atoms with E-state index in [1.54, 1.807) is 12.1 Å². The van der Waals surface area contributed by atoms with Crippen molar-refractivity contribution in [3.8, 4) is 0 Å². The standard InChI is InChI=1S/C14H17NO5/c16-13(17)12(10-11-4-2-1-3-5-11)20-14(18)15-6-8-19-9-7-15/h1-5,12H,6-10H2,(H,16,17). The molecule has 1 aromatic carbocycles. The molecule has 0 aliphatic carbocycles. The summed E-state index contributed by atoms with van der Waals surface area (Å²) in [6.45, 7) is 1.75. The van der Waals surface area contributed by atoms with Crippen LogP contribution in [0, 0.1) is 0 Å². The molecule has 1 aliphatic rings. The molecule has 1 aromatic rings. The fourth-order valence-electron chi connectivity index (χ4n) is 1.95. The van der Waals surface area contributed by atoms with Crippen LogP contribution in [-0.4, -0.2) is 54.5 Å². The van der Waals surface area contributed by atoms with E-state index in [9.17, 15) is 9.59 Å². The van der Waals surface area contributed by atoms with E-state index >= 15 is 0 Å². The Balaban J connectivity index is 1.95. The van der Waals surface area contributed by atoms with Gasteiger partial charge in [-0.1, -0.05) is 30.3 Å². The predicted molar refractivity (Wildman–Crippen MR) is 70.4 cm³/mol. The molecule has 0 saturated carbocycles. The van der Waals surface area contributed by atoms with Crippen LogP contribution in [0.1, 0.15) is 5.56 Å². The van der Waals surface area contributed by atoms with Gasteiger partial charge >= 0.3 is 12.1 Å². The summed E-state index contributed by atoms with van der Waals surface area (Å²) in [6.07, 6.45) is -1.61. The fourth-order valence-corrected chi connectivity index (χ4v) is 1.95. The molecule has 1 N–H and O–H groups in total. The second kappa shape index (κ2) is 6.91. The number of hydrogen-bond acceptors (Lipinski definition) is 4. The quantitative estimate of drug-likeness (QED) is 0.894. The van der Waals surface area contributed by atoms with Gasteiger partial charge in [-0.05, 0) is 5.56 Å². The number of ether oxygens (including phenoxy) is 2. The highest BCUT2D eigenvalue weighted by molar-refractivity contribution is 5.77. The van der Waals surface area contributed by atoms with E-state index in [1.807, 2.05) is 18.2 Å². The Morgan fingerprint density at radius 2 is 1.90 bits per heavy atom. The fraction of sp³-hybridized carbons (Fsp3) is 0.429. The molecule has 1 amide bonds. The summed E-state index contributed by atoms with van der Waals surface area (Å²) in [5.74, 6) is -1.14. The molecule has 1 saturated heterocycles. The van der Waals surface area contributed by atoms with Crippen molar-refractivity contribution in [2.45, 2.75) is 12.5 Å². The Morgan fingerprint density at radius 1 is 1.25 bits per heavy atom. The van der Waals surface area contributed by atoms with Crippen LogP contribution in [0.25, 0.3) is 0 Å². The smallest absolute Gasteiger partial charge is 0.410 e.